The standard InChI is InChI=1S/C19H27N3O4/c1-3-12(2)22-16(13-4-5-13)15(8-20-22)17(23)21-9-14-10-26-7-6-19(14,11-21)18(24)25/h8,12-14H,3-7,9-11H2,1-2H3,(H,24,25)/t12?,14-,19+/m0/s1. The second-order valence-electron chi connectivity index (χ2n) is 8.09. The first-order chi connectivity index (χ1) is 12.5. The predicted octanol–water partition coefficient (Wildman–Crippen LogP) is 2.29. The molecular formula is C19H27N3O4. The molecule has 26 heavy (non-hydrogen) atoms. The van der Waals surface area contributed by atoms with Gasteiger partial charge in [0.2, 0.25) is 0 Å². The molecule has 1 aliphatic carbocycles. The van der Waals surface area contributed by atoms with E-state index in [9.17, 15) is 14.7 Å². The maximum atomic E-state index is 13.3. The van der Waals surface area contributed by atoms with E-state index in [1.807, 2.05) is 4.68 Å². The Hall–Kier alpha value is -1.89. The van der Waals surface area contributed by atoms with Crippen LogP contribution in [0.25, 0.3) is 0 Å². The molecule has 0 spiro atoms. The monoisotopic (exact) mass is 361 g/mol. The van der Waals surface area contributed by atoms with E-state index in [1.54, 1.807) is 11.1 Å². The van der Waals surface area contributed by atoms with Crippen molar-refractivity contribution in [3.05, 3.63) is 17.5 Å². The predicted molar refractivity (Wildman–Crippen MR) is 94.1 cm³/mol. The minimum Gasteiger partial charge on any atom is -0.481 e. The molecule has 1 unspecified atom stereocenters. The van der Waals surface area contributed by atoms with E-state index < -0.39 is 11.4 Å². The highest BCUT2D eigenvalue weighted by Gasteiger charge is 2.55. The Balaban J connectivity index is 1.63. The van der Waals surface area contributed by atoms with Gasteiger partial charge in [-0.25, -0.2) is 0 Å². The molecule has 7 heteroatoms. The molecule has 1 N–H and O–H groups in total. The Bertz CT molecular complexity index is 726. The Morgan fingerprint density at radius 2 is 2.23 bits per heavy atom. The van der Waals surface area contributed by atoms with Crippen molar-refractivity contribution in [2.75, 3.05) is 26.3 Å². The van der Waals surface area contributed by atoms with Crippen molar-refractivity contribution in [1.29, 1.82) is 0 Å². The van der Waals surface area contributed by atoms with Gasteiger partial charge in [-0.05, 0) is 32.6 Å². The molecule has 0 bridgehead atoms. The number of hydrogen-bond acceptors (Lipinski definition) is 4. The third-order valence-corrected chi connectivity index (χ3v) is 6.46. The number of carboxylic acids is 1. The van der Waals surface area contributed by atoms with Crippen LogP contribution in [-0.2, 0) is 9.53 Å². The summed E-state index contributed by atoms with van der Waals surface area (Å²) in [6.07, 6.45) is 5.31. The average molecular weight is 361 g/mol. The van der Waals surface area contributed by atoms with E-state index in [1.165, 1.54) is 0 Å². The summed E-state index contributed by atoms with van der Waals surface area (Å²) in [5.74, 6) is -0.603. The van der Waals surface area contributed by atoms with Crippen LogP contribution in [0, 0.1) is 11.3 Å². The molecule has 3 fully saturated rings. The van der Waals surface area contributed by atoms with Gasteiger partial charge in [0.25, 0.3) is 5.91 Å². The van der Waals surface area contributed by atoms with Gasteiger partial charge in [-0.2, -0.15) is 5.10 Å². The minimum absolute atomic E-state index is 0.0727. The summed E-state index contributed by atoms with van der Waals surface area (Å²) in [4.78, 5) is 27.0. The van der Waals surface area contributed by atoms with Crippen molar-refractivity contribution < 1.29 is 19.4 Å². The number of aromatic nitrogens is 2. The van der Waals surface area contributed by atoms with Gasteiger partial charge in [0.05, 0.1) is 29.5 Å². The molecule has 4 rings (SSSR count). The number of rotatable bonds is 5. The molecule has 3 aliphatic rings. The first-order valence-corrected chi connectivity index (χ1v) is 9.65. The second kappa shape index (κ2) is 6.37. The van der Waals surface area contributed by atoms with E-state index in [2.05, 4.69) is 18.9 Å². The van der Waals surface area contributed by atoms with Gasteiger partial charge in [0.1, 0.15) is 0 Å². The molecule has 2 aliphatic heterocycles. The smallest absolute Gasteiger partial charge is 0.311 e. The fourth-order valence-electron chi connectivity index (χ4n) is 4.45. The summed E-state index contributed by atoms with van der Waals surface area (Å²) in [7, 11) is 0. The van der Waals surface area contributed by atoms with Crippen molar-refractivity contribution in [1.82, 2.24) is 14.7 Å². The van der Waals surface area contributed by atoms with Crippen LogP contribution in [0.2, 0.25) is 0 Å². The van der Waals surface area contributed by atoms with Gasteiger partial charge in [-0.3, -0.25) is 14.3 Å². The molecule has 7 nitrogen and oxygen atoms in total. The summed E-state index contributed by atoms with van der Waals surface area (Å²) >= 11 is 0. The normalized spacial score (nSPS) is 29.5. The topological polar surface area (TPSA) is 84.7 Å². The van der Waals surface area contributed by atoms with E-state index in [-0.39, 0.29) is 24.4 Å². The maximum absolute atomic E-state index is 13.3. The number of carboxylic acid groups (broad SMARTS) is 1. The van der Waals surface area contributed by atoms with Gasteiger partial charge in [0, 0.05) is 37.6 Å². The van der Waals surface area contributed by atoms with Crippen LogP contribution in [0.1, 0.15) is 67.5 Å². The van der Waals surface area contributed by atoms with Crippen molar-refractivity contribution in [2.45, 2.75) is 51.5 Å². The van der Waals surface area contributed by atoms with Gasteiger partial charge < -0.3 is 14.7 Å². The number of likely N-dealkylation sites (tertiary alicyclic amines) is 1. The van der Waals surface area contributed by atoms with Crippen LogP contribution in [-0.4, -0.2) is 58.0 Å². The number of hydrogen-bond donors (Lipinski definition) is 1. The van der Waals surface area contributed by atoms with Crippen LogP contribution >= 0.6 is 0 Å². The van der Waals surface area contributed by atoms with E-state index in [4.69, 9.17) is 4.74 Å². The largest absolute Gasteiger partial charge is 0.481 e. The van der Waals surface area contributed by atoms with Crippen LogP contribution in [0.15, 0.2) is 6.20 Å². The lowest BCUT2D eigenvalue weighted by Gasteiger charge is -2.33. The van der Waals surface area contributed by atoms with Crippen LogP contribution in [0.4, 0.5) is 0 Å². The molecule has 3 atom stereocenters. The molecule has 0 aromatic carbocycles. The quantitative estimate of drug-likeness (QED) is 0.870. The number of ether oxygens (including phenoxy) is 1. The number of carbonyl (C=O) groups excluding carboxylic acids is 1. The van der Waals surface area contributed by atoms with Gasteiger partial charge in [-0.1, -0.05) is 6.92 Å². The molecule has 1 saturated carbocycles. The van der Waals surface area contributed by atoms with E-state index in [0.29, 0.717) is 37.7 Å². The molecule has 3 heterocycles. The van der Waals surface area contributed by atoms with E-state index in [0.717, 1.165) is 25.0 Å². The lowest BCUT2D eigenvalue weighted by Crippen LogP contribution is -2.45. The average Bonchev–Trinajstić information content (AvgIpc) is 3.25. The zero-order valence-corrected chi connectivity index (χ0v) is 15.5. The number of carbonyl (C=O) groups is 2. The summed E-state index contributed by atoms with van der Waals surface area (Å²) in [6, 6.07) is 0.257. The third-order valence-electron chi connectivity index (χ3n) is 6.46. The van der Waals surface area contributed by atoms with Gasteiger partial charge in [-0.15, -0.1) is 0 Å². The molecule has 2 saturated heterocycles. The number of nitrogens with zero attached hydrogens (tertiary/aromatic N) is 3. The molecule has 1 aromatic heterocycles. The third kappa shape index (κ3) is 2.64. The Kier molecular flexibility index (Phi) is 4.29. The molecule has 1 amide bonds. The fourth-order valence-corrected chi connectivity index (χ4v) is 4.45. The highest BCUT2D eigenvalue weighted by Crippen LogP contribution is 2.45. The van der Waals surface area contributed by atoms with Crippen molar-refractivity contribution in [2.24, 2.45) is 11.3 Å². The van der Waals surface area contributed by atoms with Crippen LogP contribution in [0.5, 0.6) is 0 Å². The van der Waals surface area contributed by atoms with Gasteiger partial charge >= 0.3 is 5.97 Å². The number of aliphatic carboxylic acids is 1. The van der Waals surface area contributed by atoms with Crippen LogP contribution in [0.3, 0.4) is 0 Å². The summed E-state index contributed by atoms with van der Waals surface area (Å²) in [5.41, 5.74) is 0.841. The zero-order chi connectivity index (χ0) is 18.5. The lowest BCUT2D eigenvalue weighted by atomic mass is 9.74. The highest BCUT2D eigenvalue weighted by atomic mass is 16.5. The van der Waals surface area contributed by atoms with Crippen molar-refractivity contribution in [3.63, 3.8) is 0 Å². The Morgan fingerprint density at radius 1 is 1.46 bits per heavy atom. The molecular weight excluding hydrogens is 334 g/mol. The SMILES string of the molecule is CCC(C)n1ncc(C(=O)N2C[C@H]3COCC[C@@]3(C(=O)O)C2)c1C1CC1. The fraction of sp³-hybridized carbons (Fsp3) is 0.737. The second-order valence-corrected chi connectivity index (χ2v) is 8.09. The Morgan fingerprint density at radius 3 is 2.85 bits per heavy atom. The highest BCUT2D eigenvalue weighted by molar-refractivity contribution is 5.96. The molecule has 142 valence electrons. The number of amides is 1. The first kappa shape index (κ1) is 17.5. The van der Waals surface area contributed by atoms with Crippen LogP contribution < -0.4 is 0 Å². The van der Waals surface area contributed by atoms with E-state index >= 15 is 0 Å². The van der Waals surface area contributed by atoms with Gasteiger partial charge in [0.15, 0.2) is 0 Å². The maximum Gasteiger partial charge on any atom is 0.311 e. The Labute approximate surface area is 153 Å². The minimum atomic E-state index is -0.861. The molecule has 1 aromatic rings. The zero-order valence-electron chi connectivity index (χ0n) is 15.5. The summed E-state index contributed by atoms with van der Waals surface area (Å²) < 4.78 is 7.50. The lowest BCUT2D eigenvalue weighted by molar-refractivity contribution is -0.157. The summed E-state index contributed by atoms with van der Waals surface area (Å²) in [6.45, 7) is 5.82. The summed E-state index contributed by atoms with van der Waals surface area (Å²) in [5, 5.41) is 14.3. The number of fused-ring (bicyclic) bond motifs is 1. The first-order valence-electron chi connectivity index (χ1n) is 9.65. The molecule has 0 radical (unpaired) electrons. The van der Waals surface area contributed by atoms with Crippen molar-refractivity contribution in [3.8, 4) is 0 Å². The van der Waals surface area contributed by atoms with Crippen molar-refractivity contribution >= 4 is 11.9 Å².